The summed E-state index contributed by atoms with van der Waals surface area (Å²) in [6.45, 7) is 5.15. The van der Waals surface area contributed by atoms with Gasteiger partial charge in [0.25, 0.3) is 0 Å². The van der Waals surface area contributed by atoms with Crippen LogP contribution in [0.5, 0.6) is 0 Å². The molecule has 0 aromatic heterocycles. The van der Waals surface area contributed by atoms with Crippen molar-refractivity contribution in [3.63, 3.8) is 0 Å². The molecule has 1 rings (SSSR count). The number of benzene rings is 1. The number of alkyl carbamates (subject to hydrolysis) is 1. The van der Waals surface area contributed by atoms with Crippen LogP contribution in [-0.2, 0) is 11.2 Å². The number of halogens is 2. The maximum Gasteiger partial charge on any atom is 0.408 e. The Morgan fingerprint density at radius 2 is 2.20 bits per heavy atom. The minimum atomic E-state index is -0.875. The summed E-state index contributed by atoms with van der Waals surface area (Å²) in [5.74, 6) is -0.510. The number of ether oxygens (including phenoxy) is 1. The standard InChI is InChI=1S/C14H16ClFN2O2/c1-14(2,3)20-13(19)18-11(8-17)6-9-4-5-10(15)7-12(9)16/h4-5,7,11H,6H2,1-3H3,(H,18,19)/t11-/m0/s1. The van der Waals surface area contributed by atoms with Crippen molar-refractivity contribution >= 4 is 17.7 Å². The number of rotatable bonds is 3. The van der Waals surface area contributed by atoms with Gasteiger partial charge in [0.1, 0.15) is 17.5 Å². The van der Waals surface area contributed by atoms with Gasteiger partial charge >= 0.3 is 6.09 Å². The summed E-state index contributed by atoms with van der Waals surface area (Å²) in [5.41, 5.74) is -0.354. The Kier molecular flexibility index (Phi) is 5.34. The van der Waals surface area contributed by atoms with Gasteiger partial charge in [-0.05, 0) is 38.5 Å². The number of nitrogens with one attached hydrogen (secondary N) is 1. The molecular weight excluding hydrogens is 283 g/mol. The molecule has 0 saturated carbocycles. The van der Waals surface area contributed by atoms with Gasteiger partial charge in [0.15, 0.2) is 0 Å². The van der Waals surface area contributed by atoms with Crippen LogP contribution in [0.2, 0.25) is 5.02 Å². The monoisotopic (exact) mass is 298 g/mol. The van der Waals surface area contributed by atoms with E-state index in [-0.39, 0.29) is 11.4 Å². The van der Waals surface area contributed by atoms with Crippen LogP contribution in [0.1, 0.15) is 26.3 Å². The molecular formula is C14H16ClFN2O2. The third-order valence-electron chi connectivity index (χ3n) is 2.29. The smallest absolute Gasteiger partial charge is 0.408 e. The van der Waals surface area contributed by atoms with E-state index in [0.29, 0.717) is 5.56 Å². The van der Waals surface area contributed by atoms with Crippen LogP contribution in [0.25, 0.3) is 0 Å². The van der Waals surface area contributed by atoms with Crippen LogP contribution in [0.3, 0.4) is 0 Å². The quantitative estimate of drug-likeness (QED) is 0.930. The summed E-state index contributed by atoms with van der Waals surface area (Å²) in [5, 5.41) is 11.7. The van der Waals surface area contributed by atoms with E-state index in [0.717, 1.165) is 0 Å². The van der Waals surface area contributed by atoms with Crippen LogP contribution in [-0.4, -0.2) is 17.7 Å². The van der Waals surface area contributed by atoms with Gasteiger partial charge in [0, 0.05) is 11.4 Å². The van der Waals surface area contributed by atoms with E-state index in [1.165, 1.54) is 18.2 Å². The Morgan fingerprint density at radius 1 is 1.55 bits per heavy atom. The Labute approximate surface area is 122 Å². The molecule has 108 valence electrons. The third-order valence-corrected chi connectivity index (χ3v) is 2.52. The second kappa shape index (κ2) is 6.58. The fourth-order valence-electron chi connectivity index (χ4n) is 1.49. The van der Waals surface area contributed by atoms with Crippen LogP contribution in [0, 0.1) is 17.1 Å². The molecule has 0 aliphatic carbocycles. The van der Waals surface area contributed by atoms with Crippen LogP contribution < -0.4 is 5.32 Å². The van der Waals surface area contributed by atoms with Crippen molar-refractivity contribution in [2.45, 2.75) is 38.8 Å². The van der Waals surface area contributed by atoms with Gasteiger partial charge in [-0.25, -0.2) is 9.18 Å². The number of carbonyl (C=O) groups is 1. The first kappa shape index (κ1) is 16.3. The fourth-order valence-corrected chi connectivity index (χ4v) is 1.64. The van der Waals surface area contributed by atoms with E-state index in [1.54, 1.807) is 20.8 Å². The lowest BCUT2D eigenvalue weighted by molar-refractivity contribution is 0.0515. The molecule has 1 N–H and O–H groups in total. The number of carbonyl (C=O) groups excluding carboxylic acids is 1. The van der Waals surface area contributed by atoms with Crippen molar-refractivity contribution in [2.75, 3.05) is 0 Å². The lowest BCUT2D eigenvalue weighted by Gasteiger charge is -2.21. The maximum absolute atomic E-state index is 13.6. The predicted molar refractivity (Wildman–Crippen MR) is 73.9 cm³/mol. The molecule has 6 heteroatoms. The minimum absolute atomic E-state index is 0.0404. The molecule has 0 heterocycles. The maximum atomic E-state index is 13.6. The molecule has 0 radical (unpaired) electrons. The molecule has 1 aromatic carbocycles. The van der Waals surface area contributed by atoms with E-state index in [4.69, 9.17) is 21.6 Å². The molecule has 0 saturated heterocycles. The van der Waals surface area contributed by atoms with Crippen LogP contribution >= 0.6 is 11.6 Å². The Morgan fingerprint density at radius 3 is 2.70 bits per heavy atom. The molecule has 1 amide bonds. The summed E-state index contributed by atoms with van der Waals surface area (Å²) < 4.78 is 18.7. The van der Waals surface area contributed by atoms with Crippen molar-refractivity contribution < 1.29 is 13.9 Å². The highest BCUT2D eigenvalue weighted by Crippen LogP contribution is 2.16. The van der Waals surface area contributed by atoms with Crippen molar-refractivity contribution in [1.82, 2.24) is 5.32 Å². The molecule has 0 spiro atoms. The summed E-state index contributed by atoms with van der Waals surface area (Å²) >= 11 is 5.65. The zero-order valence-corrected chi connectivity index (χ0v) is 12.3. The average Bonchev–Trinajstić information content (AvgIpc) is 2.29. The Bertz CT molecular complexity index is 535. The van der Waals surface area contributed by atoms with Gasteiger partial charge in [-0.1, -0.05) is 17.7 Å². The van der Waals surface area contributed by atoms with Gasteiger partial charge < -0.3 is 10.1 Å². The first-order chi connectivity index (χ1) is 9.21. The van der Waals surface area contributed by atoms with Gasteiger partial charge in [0.2, 0.25) is 0 Å². The minimum Gasteiger partial charge on any atom is -0.444 e. The van der Waals surface area contributed by atoms with E-state index in [9.17, 15) is 9.18 Å². The van der Waals surface area contributed by atoms with Gasteiger partial charge in [0.05, 0.1) is 6.07 Å². The number of nitriles is 1. The number of hydrogen-bond donors (Lipinski definition) is 1. The number of nitrogens with zero attached hydrogens (tertiary/aromatic N) is 1. The molecule has 1 aromatic rings. The van der Waals surface area contributed by atoms with Crippen molar-refractivity contribution in [3.05, 3.63) is 34.6 Å². The number of amides is 1. The van der Waals surface area contributed by atoms with E-state index < -0.39 is 23.6 Å². The highest BCUT2D eigenvalue weighted by atomic mass is 35.5. The number of hydrogen-bond acceptors (Lipinski definition) is 3. The summed E-state index contributed by atoms with van der Waals surface area (Å²) in [6.07, 6.45) is -0.669. The highest BCUT2D eigenvalue weighted by Gasteiger charge is 2.20. The zero-order chi connectivity index (χ0) is 15.3. The SMILES string of the molecule is CC(C)(C)OC(=O)N[C@H](C#N)Cc1ccc(Cl)cc1F. The van der Waals surface area contributed by atoms with Crippen LogP contribution in [0.15, 0.2) is 18.2 Å². The Hall–Kier alpha value is -1.80. The molecule has 0 bridgehead atoms. The first-order valence-electron chi connectivity index (χ1n) is 6.04. The summed E-state index contributed by atoms with van der Waals surface area (Å²) in [6, 6.07) is 5.20. The molecule has 20 heavy (non-hydrogen) atoms. The lowest BCUT2D eigenvalue weighted by Crippen LogP contribution is -2.39. The topological polar surface area (TPSA) is 62.1 Å². The second-order valence-corrected chi connectivity index (χ2v) is 5.70. The lowest BCUT2D eigenvalue weighted by atomic mass is 10.1. The molecule has 0 unspecified atom stereocenters. The van der Waals surface area contributed by atoms with E-state index in [1.807, 2.05) is 6.07 Å². The zero-order valence-electron chi connectivity index (χ0n) is 11.5. The van der Waals surface area contributed by atoms with Gasteiger partial charge in [-0.3, -0.25) is 0 Å². The van der Waals surface area contributed by atoms with Crippen molar-refractivity contribution in [1.29, 1.82) is 5.26 Å². The molecule has 0 aliphatic heterocycles. The van der Waals surface area contributed by atoms with E-state index >= 15 is 0 Å². The highest BCUT2D eigenvalue weighted by molar-refractivity contribution is 6.30. The Balaban J connectivity index is 2.69. The predicted octanol–water partition coefficient (Wildman–Crippen LogP) is 3.44. The molecule has 4 nitrogen and oxygen atoms in total. The van der Waals surface area contributed by atoms with Gasteiger partial charge in [-0.2, -0.15) is 5.26 Å². The normalized spacial score (nSPS) is 12.4. The molecule has 1 atom stereocenters. The third kappa shape index (κ3) is 5.45. The van der Waals surface area contributed by atoms with Crippen molar-refractivity contribution in [3.8, 4) is 6.07 Å². The first-order valence-corrected chi connectivity index (χ1v) is 6.42. The molecule has 0 aliphatic rings. The molecule has 0 fully saturated rings. The second-order valence-electron chi connectivity index (χ2n) is 5.27. The van der Waals surface area contributed by atoms with E-state index in [2.05, 4.69) is 5.32 Å². The van der Waals surface area contributed by atoms with Gasteiger partial charge in [-0.15, -0.1) is 0 Å². The van der Waals surface area contributed by atoms with Crippen LogP contribution in [0.4, 0.5) is 9.18 Å². The largest absolute Gasteiger partial charge is 0.444 e. The summed E-state index contributed by atoms with van der Waals surface area (Å²) in [7, 11) is 0. The fraction of sp³-hybridized carbons (Fsp3) is 0.429. The summed E-state index contributed by atoms with van der Waals surface area (Å²) in [4.78, 5) is 11.6. The van der Waals surface area contributed by atoms with Crippen molar-refractivity contribution in [2.24, 2.45) is 0 Å². The average molecular weight is 299 g/mol.